The minimum absolute atomic E-state index is 0.0244. The first-order chi connectivity index (χ1) is 15.3. The van der Waals surface area contributed by atoms with Crippen molar-refractivity contribution in [3.8, 4) is 10.4 Å². The van der Waals surface area contributed by atoms with E-state index in [1.54, 1.807) is 24.3 Å². The fourth-order valence-corrected chi connectivity index (χ4v) is 5.17. The van der Waals surface area contributed by atoms with Gasteiger partial charge >= 0.3 is 0 Å². The van der Waals surface area contributed by atoms with Gasteiger partial charge in [-0.1, -0.05) is 23.4 Å². The van der Waals surface area contributed by atoms with Crippen LogP contribution in [0, 0.1) is 20.8 Å². The van der Waals surface area contributed by atoms with Crippen LogP contribution in [0.2, 0.25) is 0 Å². The number of rotatable bonds is 7. The van der Waals surface area contributed by atoms with Crippen LogP contribution in [0.5, 0.6) is 0 Å². The highest BCUT2D eigenvalue weighted by Crippen LogP contribution is 2.31. The van der Waals surface area contributed by atoms with Crippen molar-refractivity contribution in [2.75, 3.05) is 6.54 Å². The molecule has 0 aliphatic carbocycles. The molecule has 1 aliphatic heterocycles. The van der Waals surface area contributed by atoms with Crippen molar-refractivity contribution in [2.45, 2.75) is 58.6 Å². The molecule has 0 bridgehead atoms. The van der Waals surface area contributed by atoms with Crippen molar-refractivity contribution in [3.05, 3.63) is 58.1 Å². The lowest BCUT2D eigenvalue weighted by Crippen LogP contribution is -2.41. The van der Waals surface area contributed by atoms with Crippen LogP contribution in [0.1, 0.15) is 41.1 Å². The third-order valence-electron chi connectivity index (χ3n) is 5.91. The second-order valence-electron chi connectivity index (χ2n) is 8.45. The molecule has 0 spiro atoms. The molecule has 7 nitrogen and oxygen atoms in total. The van der Waals surface area contributed by atoms with Gasteiger partial charge in [0.25, 0.3) is 0 Å². The van der Waals surface area contributed by atoms with Gasteiger partial charge in [0.1, 0.15) is 5.76 Å². The maximum absolute atomic E-state index is 13.0. The Balaban J connectivity index is 1.39. The van der Waals surface area contributed by atoms with E-state index >= 15 is 0 Å². The zero-order valence-electron chi connectivity index (χ0n) is 18.5. The van der Waals surface area contributed by atoms with Crippen molar-refractivity contribution in [1.29, 1.82) is 0 Å². The summed E-state index contributed by atoms with van der Waals surface area (Å²) >= 11 is 1.63. The van der Waals surface area contributed by atoms with Crippen LogP contribution in [0.4, 0.5) is 0 Å². The van der Waals surface area contributed by atoms with Gasteiger partial charge in [-0.3, -0.25) is 9.59 Å². The molecule has 1 N–H and O–H groups in total. The average Bonchev–Trinajstić information content (AvgIpc) is 3.46. The maximum atomic E-state index is 13.0. The Morgan fingerprint density at radius 1 is 1.25 bits per heavy atom. The largest absolute Gasteiger partial charge is 0.391 e. The molecular formula is C24H27N3O4S. The van der Waals surface area contributed by atoms with Crippen LogP contribution in [0.15, 0.2) is 34.3 Å². The highest BCUT2D eigenvalue weighted by atomic mass is 32.1. The number of amides is 1. The summed E-state index contributed by atoms with van der Waals surface area (Å²) in [5.74, 6) is 0.215. The number of β-amino-alcohol motifs (C(OH)–C–C–N with tert-alkyl or cyclic N) is 1. The van der Waals surface area contributed by atoms with Gasteiger partial charge in [0, 0.05) is 25.5 Å². The Morgan fingerprint density at radius 2 is 2.06 bits per heavy atom. The molecule has 1 fully saturated rings. The van der Waals surface area contributed by atoms with Crippen LogP contribution in [-0.4, -0.2) is 50.5 Å². The molecule has 1 amide bonds. The van der Waals surface area contributed by atoms with Crippen molar-refractivity contribution in [1.82, 2.24) is 15.0 Å². The summed E-state index contributed by atoms with van der Waals surface area (Å²) in [6, 6.07) is 7.36. The van der Waals surface area contributed by atoms with Crippen LogP contribution >= 0.6 is 11.3 Å². The number of aliphatic hydroxyl groups excluding tert-OH is 1. The first-order valence-corrected chi connectivity index (χ1v) is 11.6. The van der Waals surface area contributed by atoms with Gasteiger partial charge in [-0.25, -0.2) is 4.98 Å². The normalized spacial score (nSPS) is 18.3. The van der Waals surface area contributed by atoms with Gasteiger partial charge in [-0.2, -0.15) is 0 Å². The minimum atomic E-state index is -0.687. The van der Waals surface area contributed by atoms with Crippen molar-refractivity contribution in [3.63, 3.8) is 0 Å². The van der Waals surface area contributed by atoms with Crippen LogP contribution in [0.25, 0.3) is 10.4 Å². The van der Waals surface area contributed by atoms with Gasteiger partial charge in [-0.05, 0) is 43.9 Å². The van der Waals surface area contributed by atoms with Crippen molar-refractivity contribution < 1.29 is 19.2 Å². The van der Waals surface area contributed by atoms with Gasteiger partial charge in [-0.15, -0.1) is 11.3 Å². The van der Waals surface area contributed by atoms with Crippen LogP contribution in [-0.2, 0) is 22.4 Å². The lowest BCUT2D eigenvalue weighted by atomic mass is 9.97. The fraction of sp³-hybridized carbons (Fsp3) is 0.417. The second kappa shape index (κ2) is 9.34. The number of Topliss-reactive ketones (excluding diaryl/α,β-unsaturated/α-hetero) is 1. The van der Waals surface area contributed by atoms with Crippen LogP contribution < -0.4 is 0 Å². The second-order valence-corrected chi connectivity index (χ2v) is 9.30. The highest BCUT2D eigenvalue weighted by molar-refractivity contribution is 7.13. The summed E-state index contributed by atoms with van der Waals surface area (Å²) in [5, 5.41) is 13.9. The third-order valence-corrected chi connectivity index (χ3v) is 6.88. The number of aliphatic hydroxyl groups is 1. The number of carbonyl (C=O) groups excluding carboxylic acids is 2. The van der Waals surface area contributed by atoms with E-state index in [1.165, 1.54) is 15.3 Å². The summed E-state index contributed by atoms with van der Waals surface area (Å²) in [7, 11) is 0. The predicted molar refractivity (Wildman–Crippen MR) is 121 cm³/mol. The Bertz CT molecular complexity index is 1140. The monoisotopic (exact) mass is 453 g/mol. The fourth-order valence-electron chi connectivity index (χ4n) is 4.28. The number of hydrogen-bond donors (Lipinski definition) is 1. The molecule has 2 atom stereocenters. The summed E-state index contributed by atoms with van der Waals surface area (Å²) in [4.78, 5) is 32.7. The van der Waals surface area contributed by atoms with Gasteiger partial charge in [0.2, 0.25) is 5.91 Å². The lowest BCUT2D eigenvalue weighted by molar-refractivity contribution is -0.137. The average molecular weight is 454 g/mol. The molecule has 1 saturated heterocycles. The zero-order valence-corrected chi connectivity index (χ0v) is 19.3. The predicted octanol–water partition coefficient (Wildman–Crippen LogP) is 3.43. The van der Waals surface area contributed by atoms with E-state index in [9.17, 15) is 14.7 Å². The van der Waals surface area contributed by atoms with Gasteiger partial charge < -0.3 is 14.5 Å². The Morgan fingerprint density at radius 3 is 2.72 bits per heavy atom. The number of aromatic nitrogens is 2. The van der Waals surface area contributed by atoms with E-state index in [0.29, 0.717) is 24.3 Å². The first kappa shape index (κ1) is 22.4. The standard InChI is InChI=1S/C24H27N3O4S/c1-14-8-17(4-6-20(14)24-16(3)25-13-32-24)5-7-22(29)21-10-18(28)12-27(21)23(30)11-19-9-15(2)26-31-19/h4,6,8-9,13,18,21,28H,5,7,10-12H2,1-3H3/t18-,21+/m1/s1. The molecule has 0 unspecified atom stereocenters. The maximum Gasteiger partial charge on any atom is 0.231 e. The SMILES string of the molecule is Cc1cc(CC(=O)N2C[C@H](O)C[C@H]2C(=O)CCc2ccc(-c3scnc3C)c(C)c2)on1. The number of likely N-dealkylation sites (tertiary alicyclic amines) is 1. The first-order valence-electron chi connectivity index (χ1n) is 10.7. The number of nitrogens with zero attached hydrogens (tertiary/aromatic N) is 3. The number of hydrogen-bond acceptors (Lipinski definition) is 7. The lowest BCUT2D eigenvalue weighted by Gasteiger charge is -2.23. The van der Waals surface area contributed by atoms with E-state index in [0.717, 1.165) is 16.8 Å². The van der Waals surface area contributed by atoms with Crippen LogP contribution in [0.3, 0.4) is 0 Å². The summed E-state index contributed by atoms with van der Waals surface area (Å²) in [6.45, 7) is 6.03. The molecule has 4 rings (SSSR count). The van der Waals surface area contributed by atoms with Gasteiger partial charge in [0.15, 0.2) is 5.78 Å². The smallest absolute Gasteiger partial charge is 0.231 e. The van der Waals surface area contributed by atoms with E-state index in [-0.39, 0.29) is 31.1 Å². The summed E-state index contributed by atoms with van der Waals surface area (Å²) < 4.78 is 5.13. The molecule has 168 valence electrons. The van der Waals surface area contributed by atoms with E-state index in [2.05, 4.69) is 29.2 Å². The molecule has 0 radical (unpaired) electrons. The number of ketones is 1. The summed E-state index contributed by atoms with van der Waals surface area (Å²) in [5.41, 5.74) is 6.97. The Kier molecular flexibility index (Phi) is 6.53. The van der Waals surface area contributed by atoms with Crippen molar-refractivity contribution >= 4 is 23.0 Å². The van der Waals surface area contributed by atoms with Crippen molar-refractivity contribution in [2.24, 2.45) is 0 Å². The molecule has 0 saturated carbocycles. The quantitative estimate of drug-likeness (QED) is 0.589. The molecule has 1 aromatic carbocycles. The number of thiazole rings is 1. The number of aryl methyl sites for hydroxylation is 4. The molecular weight excluding hydrogens is 426 g/mol. The molecule has 3 heterocycles. The molecule has 1 aliphatic rings. The van der Waals surface area contributed by atoms with E-state index in [4.69, 9.17) is 4.52 Å². The minimum Gasteiger partial charge on any atom is -0.391 e. The molecule has 2 aromatic heterocycles. The molecule has 32 heavy (non-hydrogen) atoms. The highest BCUT2D eigenvalue weighted by Gasteiger charge is 2.38. The number of benzene rings is 1. The third kappa shape index (κ3) is 4.81. The van der Waals surface area contributed by atoms with E-state index in [1.807, 2.05) is 18.5 Å². The summed E-state index contributed by atoms with van der Waals surface area (Å²) in [6.07, 6.45) is 0.546. The molecule has 8 heteroatoms. The van der Waals surface area contributed by atoms with Gasteiger partial charge in [0.05, 0.1) is 40.3 Å². The topological polar surface area (TPSA) is 96.5 Å². The number of carbonyl (C=O) groups is 2. The van der Waals surface area contributed by atoms with E-state index < -0.39 is 12.1 Å². The zero-order chi connectivity index (χ0) is 22.8. The Hall–Kier alpha value is -2.84. The molecule has 3 aromatic rings. The Labute approximate surface area is 191 Å².